The molecule has 0 radical (unpaired) electrons. The first-order valence-electron chi connectivity index (χ1n) is 5.35. The Balaban J connectivity index is 3.64. The average molecular weight is 213 g/mol. The summed E-state index contributed by atoms with van der Waals surface area (Å²) in [5, 5.41) is 3.40. The fraction of sp³-hybridized carbons (Fsp3) is 0.750. The van der Waals surface area contributed by atoms with Crippen LogP contribution in [0.3, 0.4) is 0 Å². The topological polar surface area (TPSA) is 38.3 Å². The molecule has 3 heteroatoms. The molecular formula is C12H23NO2. The monoisotopic (exact) mass is 213 g/mol. The van der Waals surface area contributed by atoms with Crippen molar-refractivity contribution in [2.45, 2.75) is 46.6 Å². The van der Waals surface area contributed by atoms with Crippen molar-refractivity contribution in [3.63, 3.8) is 0 Å². The van der Waals surface area contributed by atoms with Gasteiger partial charge in [-0.2, -0.15) is 0 Å². The first kappa shape index (κ1) is 14.2. The molecule has 0 aromatic carbocycles. The van der Waals surface area contributed by atoms with E-state index in [9.17, 15) is 4.79 Å². The minimum atomic E-state index is -0.230. The van der Waals surface area contributed by atoms with Gasteiger partial charge in [-0.15, -0.1) is 0 Å². The third kappa shape index (κ3) is 11.1. The number of hydrogen-bond donors (Lipinski definition) is 1. The molecule has 15 heavy (non-hydrogen) atoms. The first-order chi connectivity index (χ1) is 6.81. The van der Waals surface area contributed by atoms with Gasteiger partial charge in [0.05, 0.1) is 0 Å². The lowest BCUT2D eigenvalue weighted by atomic mass is 10.1. The van der Waals surface area contributed by atoms with Crippen LogP contribution < -0.4 is 5.32 Å². The van der Waals surface area contributed by atoms with E-state index in [1.807, 2.05) is 13.0 Å². The van der Waals surface area contributed by atoms with Crippen molar-refractivity contribution in [3.8, 4) is 0 Å². The average Bonchev–Trinajstić information content (AvgIpc) is 2.00. The van der Waals surface area contributed by atoms with Gasteiger partial charge in [-0.05, 0) is 46.7 Å². The van der Waals surface area contributed by atoms with E-state index < -0.39 is 0 Å². The second kappa shape index (κ2) is 6.62. The maximum Gasteiger partial charge on any atom is 0.302 e. The normalized spacial score (nSPS) is 12.7. The Hall–Kier alpha value is -0.830. The van der Waals surface area contributed by atoms with E-state index in [2.05, 4.69) is 26.1 Å². The van der Waals surface area contributed by atoms with E-state index in [0.717, 1.165) is 13.0 Å². The van der Waals surface area contributed by atoms with Crippen molar-refractivity contribution in [3.05, 3.63) is 11.6 Å². The zero-order valence-electron chi connectivity index (χ0n) is 10.5. The Kier molecular flexibility index (Phi) is 6.25. The summed E-state index contributed by atoms with van der Waals surface area (Å²) in [6.45, 7) is 11.2. The molecule has 0 amide bonds. The highest BCUT2D eigenvalue weighted by Crippen LogP contribution is 2.02. The van der Waals surface area contributed by atoms with E-state index in [1.54, 1.807) is 0 Å². The Bertz CT molecular complexity index is 226. The molecule has 0 aromatic heterocycles. The second-order valence-electron chi connectivity index (χ2n) is 4.78. The van der Waals surface area contributed by atoms with Crippen molar-refractivity contribution < 1.29 is 9.53 Å². The lowest BCUT2D eigenvalue weighted by Gasteiger charge is -2.20. The zero-order chi connectivity index (χ0) is 11.9. The Labute approximate surface area is 92.9 Å². The van der Waals surface area contributed by atoms with Gasteiger partial charge in [-0.25, -0.2) is 0 Å². The third-order valence-corrected chi connectivity index (χ3v) is 1.89. The predicted molar refractivity (Wildman–Crippen MR) is 62.8 cm³/mol. The van der Waals surface area contributed by atoms with E-state index in [0.29, 0.717) is 6.61 Å². The summed E-state index contributed by atoms with van der Waals surface area (Å²) in [7, 11) is 0. The molecule has 0 aliphatic heterocycles. The molecule has 0 unspecified atom stereocenters. The van der Waals surface area contributed by atoms with Crippen molar-refractivity contribution in [1.82, 2.24) is 5.32 Å². The van der Waals surface area contributed by atoms with Crippen LogP contribution in [0.4, 0.5) is 0 Å². The minimum absolute atomic E-state index is 0.163. The summed E-state index contributed by atoms with van der Waals surface area (Å²) >= 11 is 0. The molecule has 0 bridgehead atoms. The number of esters is 1. The number of carbonyl (C=O) groups is 1. The summed E-state index contributed by atoms with van der Waals surface area (Å²) < 4.78 is 4.82. The Morgan fingerprint density at radius 1 is 1.33 bits per heavy atom. The molecule has 0 aromatic rings. The molecule has 0 saturated carbocycles. The van der Waals surface area contributed by atoms with Crippen molar-refractivity contribution in [2.75, 3.05) is 13.2 Å². The SMILES string of the molecule is CC(=O)OC/C=C(\C)CCNC(C)(C)C. The van der Waals surface area contributed by atoms with E-state index >= 15 is 0 Å². The van der Waals surface area contributed by atoms with Gasteiger partial charge >= 0.3 is 5.97 Å². The smallest absolute Gasteiger partial charge is 0.302 e. The number of nitrogens with one attached hydrogen (secondary N) is 1. The van der Waals surface area contributed by atoms with Crippen LogP contribution in [0.2, 0.25) is 0 Å². The molecule has 0 atom stereocenters. The van der Waals surface area contributed by atoms with E-state index in [1.165, 1.54) is 12.5 Å². The molecule has 0 fully saturated rings. The van der Waals surface area contributed by atoms with Gasteiger partial charge in [-0.1, -0.05) is 5.57 Å². The van der Waals surface area contributed by atoms with Crippen molar-refractivity contribution in [1.29, 1.82) is 0 Å². The number of hydrogen-bond acceptors (Lipinski definition) is 3. The lowest BCUT2D eigenvalue weighted by Crippen LogP contribution is -2.36. The Morgan fingerprint density at radius 2 is 1.93 bits per heavy atom. The van der Waals surface area contributed by atoms with Crippen LogP contribution >= 0.6 is 0 Å². The van der Waals surface area contributed by atoms with Gasteiger partial charge in [0.25, 0.3) is 0 Å². The summed E-state index contributed by atoms with van der Waals surface area (Å²) in [6.07, 6.45) is 2.93. The van der Waals surface area contributed by atoms with Crippen LogP contribution in [-0.2, 0) is 9.53 Å². The summed E-state index contributed by atoms with van der Waals surface area (Å²) in [5.41, 5.74) is 1.41. The van der Waals surface area contributed by atoms with Crippen molar-refractivity contribution in [2.24, 2.45) is 0 Å². The van der Waals surface area contributed by atoms with Crippen LogP contribution in [0.15, 0.2) is 11.6 Å². The molecule has 0 aliphatic carbocycles. The van der Waals surface area contributed by atoms with E-state index in [4.69, 9.17) is 4.74 Å². The highest BCUT2D eigenvalue weighted by molar-refractivity contribution is 5.66. The first-order valence-corrected chi connectivity index (χ1v) is 5.35. The van der Waals surface area contributed by atoms with Gasteiger partial charge in [-0.3, -0.25) is 4.79 Å². The van der Waals surface area contributed by atoms with E-state index in [-0.39, 0.29) is 11.5 Å². The largest absolute Gasteiger partial charge is 0.462 e. The molecular weight excluding hydrogens is 190 g/mol. The third-order valence-electron chi connectivity index (χ3n) is 1.89. The molecule has 3 nitrogen and oxygen atoms in total. The quantitative estimate of drug-likeness (QED) is 0.562. The molecule has 1 N–H and O–H groups in total. The van der Waals surface area contributed by atoms with Gasteiger partial charge in [0.15, 0.2) is 0 Å². The fourth-order valence-electron chi connectivity index (χ4n) is 1.04. The Morgan fingerprint density at radius 3 is 2.40 bits per heavy atom. The molecule has 0 spiro atoms. The number of rotatable bonds is 5. The maximum absolute atomic E-state index is 10.5. The van der Waals surface area contributed by atoms with Crippen LogP contribution in [0.5, 0.6) is 0 Å². The molecule has 0 rings (SSSR count). The van der Waals surface area contributed by atoms with Crippen LogP contribution in [-0.4, -0.2) is 24.7 Å². The molecule has 88 valence electrons. The van der Waals surface area contributed by atoms with Crippen molar-refractivity contribution >= 4 is 5.97 Å². The summed E-state index contributed by atoms with van der Waals surface area (Å²) in [6, 6.07) is 0. The minimum Gasteiger partial charge on any atom is -0.462 e. The van der Waals surface area contributed by atoms with Gasteiger partial charge in [0.1, 0.15) is 6.61 Å². The van der Waals surface area contributed by atoms with Gasteiger partial charge in [0, 0.05) is 12.5 Å². The number of carbonyl (C=O) groups excluding carboxylic acids is 1. The van der Waals surface area contributed by atoms with Gasteiger partial charge in [0.2, 0.25) is 0 Å². The summed E-state index contributed by atoms with van der Waals surface area (Å²) in [5.74, 6) is -0.230. The second-order valence-corrected chi connectivity index (χ2v) is 4.78. The van der Waals surface area contributed by atoms with Crippen LogP contribution in [0.1, 0.15) is 41.0 Å². The highest BCUT2D eigenvalue weighted by atomic mass is 16.5. The molecule has 0 aliphatic rings. The highest BCUT2D eigenvalue weighted by Gasteiger charge is 2.07. The molecule has 0 saturated heterocycles. The van der Waals surface area contributed by atoms with Gasteiger partial charge < -0.3 is 10.1 Å². The standard InChI is InChI=1S/C12H23NO2/c1-10(7-9-15-11(2)14)6-8-13-12(3,4)5/h7,13H,6,8-9H2,1-5H3/b10-7+. The zero-order valence-corrected chi connectivity index (χ0v) is 10.5. The maximum atomic E-state index is 10.5. The fourth-order valence-corrected chi connectivity index (χ4v) is 1.04. The predicted octanol–water partition coefficient (Wildman–Crippen LogP) is 2.27. The lowest BCUT2D eigenvalue weighted by molar-refractivity contribution is -0.139. The van der Waals surface area contributed by atoms with Crippen LogP contribution in [0.25, 0.3) is 0 Å². The number of ether oxygens (including phenoxy) is 1. The van der Waals surface area contributed by atoms with Crippen LogP contribution in [0, 0.1) is 0 Å². The molecule has 0 heterocycles. The summed E-state index contributed by atoms with van der Waals surface area (Å²) in [4.78, 5) is 10.5.